The van der Waals surface area contributed by atoms with E-state index in [-0.39, 0.29) is 23.9 Å². The highest BCUT2D eigenvalue weighted by molar-refractivity contribution is 6.30. The third-order valence-electron chi connectivity index (χ3n) is 6.07. The van der Waals surface area contributed by atoms with Gasteiger partial charge in [-0.05, 0) is 73.4 Å². The van der Waals surface area contributed by atoms with Crippen molar-refractivity contribution in [1.82, 2.24) is 15.6 Å². The van der Waals surface area contributed by atoms with Gasteiger partial charge in [0.1, 0.15) is 5.69 Å². The molecular weight excluding hydrogens is 374 g/mol. The maximum absolute atomic E-state index is 12.5. The summed E-state index contributed by atoms with van der Waals surface area (Å²) in [7, 11) is 0. The largest absolute Gasteiger partial charge is 0.349 e. The van der Waals surface area contributed by atoms with E-state index in [2.05, 4.69) is 22.5 Å². The van der Waals surface area contributed by atoms with Gasteiger partial charge in [-0.2, -0.15) is 0 Å². The molecule has 5 atom stereocenters. The number of hydrogen-bond donors (Lipinski definition) is 2. The van der Waals surface area contributed by atoms with Gasteiger partial charge in [0.15, 0.2) is 0 Å². The minimum Gasteiger partial charge on any atom is -0.349 e. The van der Waals surface area contributed by atoms with Gasteiger partial charge >= 0.3 is 0 Å². The molecule has 2 saturated carbocycles. The number of nitrogens with zero attached hydrogens (tertiary/aromatic N) is 1. The van der Waals surface area contributed by atoms with Crippen LogP contribution in [0.2, 0.25) is 5.02 Å². The van der Waals surface area contributed by atoms with Crippen molar-refractivity contribution >= 4 is 23.4 Å². The summed E-state index contributed by atoms with van der Waals surface area (Å²) in [6, 6.07) is 12.7. The molecule has 146 valence electrons. The van der Waals surface area contributed by atoms with Crippen LogP contribution >= 0.6 is 11.6 Å². The van der Waals surface area contributed by atoms with E-state index in [0.29, 0.717) is 34.0 Å². The Morgan fingerprint density at radius 3 is 2.43 bits per heavy atom. The Labute approximate surface area is 169 Å². The van der Waals surface area contributed by atoms with Crippen LogP contribution in [0.5, 0.6) is 0 Å². The number of fused-ring (bicyclic) bond motifs is 1. The Balaban J connectivity index is 1.30. The summed E-state index contributed by atoms with van der Waals surface area (Å²) >= 11 is 5.90. The average Bonchev–Trinajstić information content (AvgIpc) is 3.20. The van der Waals surface area contributed by atoms with E-state index in [4.69, 9.17) is 11.6 Å². The third kappa shape index (κ3) is 3.90. The van der Waals surface area contributed by atoms with Gasteiger partial charge in [0.25, 0.3) is 11.8 Å². The Morgan fingerprint density at radius 2 is 1.82 bits per heavy atom. The summed E-state index contributed by atoms with van der Waals surface area (Å²) in [5.41, 5.74) is 1.09. The second kappa shape index (κ2) is 7.92. The fraction of sp³-hybridized carbons (Fsp3) is 0.409. The van der Waals surface area contributed by atoms with Crippen molar-refractivity contribution in [3.63, 3.8) is 0 Å². The summed E-state index contributed by atoms with van der Waals surface area (Å²) in [4.78, 5) is 28.9. The van der Waals surface area contributed by atoms with Crippen molar-refractivity contribution in [3.8, 4) is 0 Å². The SMILES string of the molecule is CCC(NC(=O)c1ccc(Cl)cc1)C1[C@H]2CC(NC(=O)c3ccccn3)C[C@@H]12. The topological polar surface area (TPSA) is 71.1 Å². The van der Waals surface area contributed by atoms with Crippen LogP contribution in [0.3, 0.4) is 0 Å². The van der Waals surface area contributed by atoms with Crippen molar-refractivity contribution in [2.24, 2.45) is 17.8 Å². The van der Waals surface area contributed by atoms with E-state index in [1.807, 2.05) is 6.07 Å². The molecule has 28 heavy (non-hydrogen) atoms. The summed E-state index contributed by atoms with van der Waals surface area (Å²) in [5, 5.41) is 6.92. The van der Waals surface area contributed by atoms with Gasteiger partial charge in [0, 0.05) is 28.9 Å². The van der Waals surface area contributed by atoms with Gasteiger partial charge in [-0.25, -0.2) is 0 Å². The first-order chi connectivity index (χ1) is 13.6. The number of aromatic nitrogens is 1. The zero-order chi connectivity index (χ0) is 19.7. The van der Waals surface area contributed by atoms with Crippen LogP contribution in [0.15, 0.2) is 48.7 Å². The number of hydrogen-bond acceptors (Lipinski definition) is 3. The Bertz CT molecular complexity index is 844. The van der Waals surface area contributed by atoms with Crippen LogP contribution < -0.4 is 10.6 Å². The van der Waals surface area contributed by atoms with Gasteiger partial charge < -0.3 is 10.6 Å². The molecule has 4 rings (SSSR count). The van der Waals surface area contributed by atoms with E-state index >= 15 is 0 Å². The van der Waals surface area contributed by atoms with E-state index in [9.17, 15) is 9.59 Å². The monoisotopic (exact) mass is 397 g/mol. The average molecular weight is 398 g/mol. The standard InChI is InChI=1S/C22H24ClN3O2/c1-2-18(26-21(27)13-6-8-14(23)9-7-13)20-16-11-15(12-17(16)20)25-22(28)19-5-3-4-10-24-19/h3-10,15-18,20H,2,11-12H2,1H3,(H,25,28)(H,26,27)/t15?,16-,17+,18?,20?. The van der Waals surface area contributed by atoms with Crippen molar-refractivity contribution in [2.75, 3.05) is 0 Å². The quantitative estimate of drug-likeness (QED) is 0.780. The molecule has 2 amide bonds. The second-order valence-corrected chi connectivity index (χ2v) is 8.19. The lowest BCUT2D eigenvalue weighted by Crippen LogP contribution is -2.39. The molecule has 0 radical (unpaired) electrons. The van der Waals surface area contributed by atoms with Crippen molar-refractivity contribution in [3.05, 3.63) is 64.9 Å². The molecule has 2 N–H and O–H groups in total. The minimum absolute atomic E-state index is 0.0477. The first-order valence-electron chi connectivity index (χ1n) is 9.85. The molecular formula is C22H24ClN3O2. The van der Waals surface area contributed by atoms with E-state index in [0.717, 1.165) is 19.3 Å². The molecule has 5 nitrogen and oxygen atoms in total. The highest BCUT2D eigenvalue weighted by Crippen LogP contribution is 2.59. The molecule has 0 bridgehead atoms. The van der Waals surface area contributed by atoms with E-state index in [1.165, 1.54) is 0 Å². The number of rotatable bonds is 6. The molecule has 0 spiro atoms. The molecule has 1 aromatic heterocycles. The Hall–Kier alpha value is -2.40. The fourth-order valence-corrected chi connectivity index (χ4v) is 4.81. The first kappa shape index (κ1) is 18.9. The highest BCUT2D eigenvalue weighted by Gasteiger charge is 2.58. The number of amides is 2. The molecule has 0 aliphatic heterocycles. The van der Waals surface area contributed by atoms with Crippen LogP contribution in [-0.2, 0) is 0 Å². The predicted molar refractivity (Wildman–Crippen MR) is 108 cm³/mol. The molecule has 6 heteroatoms. The minimum atomic E-state index is -0.105. The molecule has 2 aromatic rings. The van der Waals surface area contributed by atoms with Gasteiger partial charge in [0.2, 0.25) is 0 Å². The zero-order valence-electron chi connectivity index (χ0n) is 15.8. The molecule has 1 heterocycles. The maximum Gasteiger partial charge on any atom is 0.270 e. The Kier molecular flexibility index (Phi) is 5.36. The highest BCUT2D eigenvalue weighted by atomic mass is 35.5. The van der Waals surface area contributed by atoms with Crippen LogP contribution in [0.25, 0.3) is 0 Å². The van der Waals surface area contributed by atoms with Crippen LogP contribution in [0, 0.1) is 17.8 Å². The first-order valence-corrected chi connectivity index (χ1v) is 10.2. The fourth-order valence-electron chi connectivity index (χ4n) is 4.69. The molecule has 2 fully saturated rings. The van der Waals surface area contributed by atoms with Crippen molar-refractivity contribution in [2.45, 2.75) is 38.3 Å². The van der Waals surface area contributed by atoms with Crippen LogP contribution in [-0.4, -0.2) is 28.9 Å². The van der Waals surface area contributed by atoms with Gasteiger partial charge in [-0.3, -0.25) is 14.6 Å². The van der Waals surface area contributed by atoms with Gasteiger partial charge in [-0.15, -0.1) is 0 Å². The number of benzene rings is 1. The van der Waals surface area contributed by atoms with Crippen molar-refractivity contribution < 1.29 is 9.59 Å². The lowest BCUT2D eigenvalue weighted by molar-refractivity contribution is 0.0926. The third-order valence-corrected chi connectivity index (χ3v) is 6.32. The summed E-state index contributed by atoms with van der Waals surface area (Å²) in [5.74, 6) is 1.50. The van der Waals surface area contributed by atoms with Crippen LogP contribution in [0.4, 0.5) is 0 Å². The Morgan fingerprint density at radius 1 is 1.11 bits per heavy atom. The number of halogens is 1. The summed E-state index contributed by atoms with van der Waals surface area (Å²) in [6.07, 6.45) is 4.48. The summed E-state index contributed by atoms with van der Waals surface area (Å²) in [6.45, 7) is 2.11. The predicted octanol–water partition coefficient (Wildman–Crippen LogP) is 3.70. The van der Waals surface area contributed by atoms with Crippen LogP contribution in [0.1, 0.15) is 47.0 Å². The molecule has 2 aliphatic rings. The molecule has 0 saturated heterocycles. The zero-order valence-corrected chi connectivity index (χ0v) is 16.5. The number of carbonyl (C=O) groups excluding carboxylic acids is 2. The van der Waals surface area contributed by atoms with Crippen molar-refractivity contribution in [1.29, 1.82) is 0 Å². The lowest BCUT2D eigenvalue weighted by Gasteiger charge is -2.22. The summed E-state index contributed by atoms with van der Waals surface area (Å²) < 4.78 is 0. The van der Waals surface area contributed by atoms with Gasteiger partial charge in [-0.1, -0.05) is 24.6 Å². The van der Waals surface area contributed by atoms with E-state index < -0.39 is 0 Å². The molecule has 3 unspecified atom stereocenters. The van der Waals surface area contributed by atoms with Gasteiger partial charge in [0.05, 0.1) is 0 Å². The lowest BCUT2D eigenvalue weighted by atomic mass is 9.99. The normalized spacial score (nSPS) is 26.2. The van der Waals surface area contributed by atoms with E-state index in [1.54, 1.807) is 42.6 Å². The molecule has 1 aromatic carbocycles. The maximum atomic E-state index is 12.5. The number of pyridine rings is 1. The smallest absolute Gasteiger partial charge is 0.270 e. The number of nitrogens with one attached hydrogen (secondary N) is 2. The molecule has 2 aliphatic carbocycles. The second-order valence-electron chi connectivity index (χ2n) is 7.76. The number of carbonyl (C=O) groups is 2.